The molecule has 2 aromatic rings. The SMILES string of the molecule is COc1cc(C(=O)Nc2cccnc2C)cc(OC)c1OC. The van der Waals surface area contributed by atoms with Crippen LogP contribution in [-0.2, 0) is 0 Å². The summed E-state index contributed by atoms with van der Waals surface area (Å²) in [7, 11) is 4.52. The summed E-state index contributed by atoms with van der Waals surface area (Å²) in [6.07, 6.45) is 1.67. The van der Waals surface area contributed by atoms with E-state index in [1.165, 1.54) is 21.3 Å². The van der Waals surface area contributed by atoms with Crippen LogP contribution in [-0.4, -0.2) is 32.2 Å². The van der Waals surface area contributed by atoms with E-state index in [2.05, 4.69) is 10.3 Å². The number of pyridine rings is 1. The van der Waals surface area contributed by atoms with Gasteiger partial charge in [0.1, 0.15) is 0 Å². The van der Waals surface area contributed by atoms with Gasteiger partial charge in [0.15, 0.2) is 11.5 Å². The first-order chi connectivity index (χ1) is 10.6. The number of aromatic nitrogens is 1. The minimum absolute atomic E-state index is 0.282. The van der Waals surface area contributed by atoms with E-state index < -0.39 is 0 Å². The normalized spacial score (nSPS) is 10.0. The summed E-state index contributed by atoms with van der Waals surface area (Å²) in [6.45, 7) is 1.82. The Balaban J connectivity index is 2.36. The Morgan fingerprint density at radius 3 is 2.23 bits per heavy atom. The summed E-state index contributed by atoms with van der Waals surface area (Å²) in [5, 5.41) is 2.81. The lowest BCUT2D eigenvalue weighted by atomic mass is 10.1. The number of carbonyl (C=O) groups is 1. The number of benzene rings is 1. The molecule has 0 radical (unpaired) electrons. The number of hydrogen-bond donors (Lipinski definition) is 1. The third kappa shape index (κ3) is 3.11. The Labute approximate surface area is 129 Å². The van der Waals surface area contributed by atoms with Gasteiger partial charge in [0, 0.05) is 11.8 Å². The lowest BCUT2D eigenvalue weighted by Crippen LogP contribution is -2.13. The summed E-state index contributed by atoms with van der Waals surface area (Å²) in [5.74, 6) is 1.01. The molecular weight excluding hydrogens is 284 g/mol. The van der Waals surface area contributed by atoms with Gasteiger partial charge in [-0.25, -0.2) is 0 Å². The first-order valence-electron chi connectivity index (χ1n) is 6.63. The molecule has 0 aliphatic rings. The van der Waals surface area contributed by atoms with Gasteiger partial charge in [-0.1, -0.05) is 0 Å². The molecule has 0 aliphatic heterocycles. The van der Waals surface area contributed by atoms with Crippen LogP contribution in [0.2, 0.25) is 0 Å². The second-order valence-corrected chi connectivity index (χ2v) is 4.50. The largest absolute Gasteiger partial charge is 0.493 e. The Bertz CT molecular complexity index is 661. The van der Waals surface area contributed by atoms with Crippen molar-refractivity contribution in [3.63, 3.8) is 0 Å². The fourth-order valence-electron chi connectivity index (χ4n) is 2.02. The van der Waals surface area contributed by atoms with Crippen molar-refractivity contribution < 1.29 is 19.0 Å². The minimum Gasteiger partial charge on any atom is -0.493 e. The van der Waals surface area contributed by atoms with E-state index in [0.717, 1.165) is 5.69 Å². The highest BCUT2D eigenvalue weighted by atomic mass is 16.5. The number of carbonyl (C=O) groups excluding carboxylic acids is 1. The summed E-state index contributed by atoms with van der Waals surface area (Å²) in [4.78, 5) is 16.5. The number of amides is 1. The van der Waals surface area contributed by atoms with Gasteiger partial charge in [-0.05, 0) is 31.2 Å². The fourth-order valence-corrected chi connectivity index (χ4v) is 2.02. The van der Waals surface area contributed by atoms with E-state index in [4.69, 9.17) is 14.2 Å². The van der Waals surface area contributed by atoms with E-state index in [-0.39, 0.29) is 5.91 Å². The van der Waals surface area contributed by atoms with Gasteiger partial charge >= 0.3 is 0 Å². The molecule has 6 nitrogen and oxygen atoms in total. The van der Waals surface area contributed by atoms with Crippen molar-refractivity contribution in [1.82, 2.24) is 4.98 Å². The van der Waals surface area contributed by atoms with Crippen LogP contribution < -0.4 is 19.5 Å². The Kier molecular flexibility index (Phi) is 4.83. The van der Waals surface area contributed by atoms with Crippen LogP contribution in [0.4, 0.5) is 5.69 Å². The zero-order valence-corrected chi connectivity index (χ0v) is 13.0. The summed E-state index contributed by atoms with van der Waals surface area (Å²) in [5.41, 5.74) is 1.79. The first-order valence-corrected chi connectivity index (χ1v) is 6.63. The predicted molar refractivity (Wildman–Crippen MR) is 83.0 cm³/mol. The molecule has 6 heteroatoms. The predicted octanol–water partition coefficient (Wildman–Crippen LogP) is 2.67. The Morgan fingerprint density at radius 1 is 1.09 bits per heavy atom. The molecule has 22 heavy (non-hydrogen) atoms. The standard InChI is InChI=1S/C16H18N2O4/c1-10-12(6-5-7-17-10)18-16(19)11-8-13(20-2)15(22-4)14(9-11)21-3/h5-9H,1-4H3,(H,18,19). The number of rotatable bonds is 5. The summed E-state index contributed by atoms with van der Waals surface area (Å²) < 4.78 is 15.7. The molecule has 0 atom stereocenters. The van der Waals surface area contributed by atoms with Crippen molar-refractivity contribution in [2.45, 2.75) is 6.92 Å². The fraction of sp³-hybridized carbons (Fsp3) is 0.250. The molecule has 0 spiro atoms. The van der Waals surface area contributed by atoms with Crippen LogP contribution in [0.1, 0.15) is 16.1 Å². The number of ether oxygens (including phenoxy) is 3. The summed E-state index contributed by atoms with van der Waals surface area (Å²) >= 11 is 0. The molecule has 2 rings (SSSR count). The van der Waals surface area contributed by atoms with Crippen LogP contribution in [0.25, 0.3) is 0 Å². The molecule has 0 unspecified atom stereocenters. The third-order valence-corrected chi connectivity index (χ3v) is 3.18. The van der Waals surface area contributed by atoms with Gasteiger partial charge in [0.05, 0.1) is 32.7 Å². The van der Waals surface area contributed by atoms with Crippen LogP contribution in [0.15, 0.2) is 30.5 Å². The quantitative estimate of drug-likeness (QED) is 0.919. The molecule has 116 valence electrons. The maximum absolute atomic E-state index is 12.4. The van der Waals surface area contributed by atoms with E-state index in [1.807, 2.05) is 6.92 Å². The van der Waals surface area contributed by atoms with Crippen molar-refractivity contribution >= 4 is 11.6 Å². The molecule has 1 aromatic carbocycles. The lowest BCUT2D eigenvalue weighted by molar-refractivity contribution is 0.102. The number of anilines is 1. The van der Waals surface area contributed by atoms with Crippen LogP contribution in [0.5, 0.6) is 17.2 Å². The van der Waals surface area contributed by atoms with Crippen molar-refractivity contribution in [1.29, 1.82) is 0 Å². The molecule has 1 N–H and O–H groups in total. The van der Waals surface area contributed by atoms with E-state index in [9.17, 15) is 4.79 Å². The number of aryl methyl sites for hydroxylation is 1. The van der Waals surface area contributed by atoms with Gasteiger partial charge in [0.25, 0.3) is 5.91 Å². The molecule has 0 aliphatic carbocycles. The molecule has 1 heterocycles. The molecule has 0 saturated heterocycles. The topological polar surface area (TPSA) is 69.7 Å². The van der Waals surface area contributed by atoms with Gasteiger partial charge < -0.3 is 19.5 Å². The highest BCUT2D eigenvalue weighted by molar-refractivity contribution is 6.05. The average Bonchev–Trinajstić information content (AvgIpc) is 2.55. The highest BCUT2D eigenvalue weighted by Crippen LogP contribution is 2.38. The average molecular weight is 302 g/mol. The monoisotopic (exact) mass is 302 g/mol. The van der Waals surface area contributed by atoms with Gasteiger partial charge in [-0.3, -0.25) is 9.78 Å². The number of methoxy groups -OCH3 is 3. The van der Waals surface area contributed by atoms with Gasteiger partial charge in [-0.2, -0.15) is 0 Å². The maximum Gasteiger partial charge on any atom is 0.255 e. The number of nitrogens with zero attached hydrogens (tertiary/aromatic N) is 1. The Hall–Kier alpha value is -2.76. The van der Waals surface area contributed by atoms with Crippen LogP contribution in [0.3, 0.4) is 0 Å². The van der Waals surface area contributed by atoms with Crippen molar-refractivity contribution in [2.24, 2.45) is 0 Å². The molecule has 0 fully saturated rings. The zero-order valence-electron chi connectivity index (χ0n) is 13.0. The smallest absolute Gasteiger partial charge is 0.255 e. The van der Waals surface area contributed by atoms with Gasteiger partial charge in [0.2, 0.25) is 5.75 Å². The zero-order chi connectivity index (χ0) is 16.1. The molecule has 0 bridgehead atoms. The van der Waals surface area contributed by atoms with Crippen LogP contribution >= 0.6 is 0 Å². The van der Waals surface area contributed by atoms with Gasteiger partial charge in [-0.15, -0.1) is 0 Å². The Morgan fingerprint density at radius 2 is 1.73 bits per heavy atom. The molecule has 1 amide bonds. The van der Waals surface area contributed by atoms with Crippen molar-refractivity contribution in [3.05, 3.63) is 41.7 Å². The minimum atomic E-state index is -0.282. The molecular formula is C16H18N2O4. The second-order valence-electron chi connectivity index (χ2n) is 4.50. The van der Waals surface area contributed by atoms with E-state index in [0.29, 0.717) is 28.5 Å². The molecule has 0 saturated carbocycles. The number of hydrogen-bond acceptors (Lipinski definition) is 5. The second kappa shape index (κ2) is 6.80. The number of nitrogens with one attached hydrogen (secondary N) is 1. The van der Waals surface area contributed by atoms with E-state index >= 15 is 0 Å². The lowest BCUT2D eigenvalue weighted by Gasteiger charge is -2.14. The van der Waals surface area contributed by atoms with Crippen LogP contribution in [0, 0.1) is 6.92 Å². The van der Waals surface area contributed by atoms with Crippen molar-refractivity contribution in [2.75, 3.05) is 26.6 Å². The third-order valence-electron chi connectivity index (χ3n) is 3.18. The molecule has 1 aromatic heterocycles. The maximum atomic E-state index is 12.4. The summed E-state index contributed by atoms with van der Waals surface area (Å²) in [6, 6.07) is 6.75. The van der Waals surface area contributed by atoms with Crippen molar-refractivity contribution in [3.8, 4) is 17.2 Å². The van der Waals surface area contributed by atoms with E-state index in [1.54, 1.807) is 30.5 Å². The first kappa shape index (κ1) is 15.6. The highest BCUT2D eigenvalue weighted by Gasteiger charge is 2.17.